The molecule has 2 N–H and O–H groups in total. The first-order chi connectivity index (χ1) is 12.1. The molecule has 0 radical (unpaired) electrons. The summed E-state index contributed by atoms with van der Waals surface area (Å²) in [6.07, 6.45) is 3.41. The van der Waals surface area contributed by atoms with E-state index in [1.54, 1.807) is 0 Å². The maximum Gasteiger partial charge on any atom is 0.322 e. The molecule has 8 nitrogen and oxygen atoms in total. The van der Waals surface area contributed by atoms with Gasteiger partial charge in [0.25, 0.3) is 5.91 Å². The third-order valence-corrected chi connectivity index (χ3v) is 4.36. The number of nitrogens with one attached hydrogen (secondary N) is 2. The van der Waals surface area contributed by atoms with Crippen molar-refractivity contribution in [1.82, 2.24) is 15.5 Å². The predicted octanol–water partition coefficient (Wildman–Crippen LogP) is 2.75. The molecule has 1 saturated carbocycles. The van der Waals surface area contributed by atoms with Gasteiger partial charge in [0.15, 0.2) is 0 Å². The Balaban J connectivity index is 1.73. The van der Waals surface area contributed by atoms with E-state index in [2.05, 4.69) is 15.5 Å². The molecule has 0 unspecified atom stereocenters. The van der Waals surface area contributed by atoms with E-state index in [0.717, 1.165) is 31.4 Å². The van der Waals surface area contributed by atoms with Gasteiger partial charge in [-0.2, -0.15) is 5.10 Å². The lowest BCUT2D eigenvalue weighted by molar-refractivity contribution is -0.385. The lowest BCUT2D eigenvalue weighted by Crippen LogP contribution is -2.47. The Morgan fingerprint density at radius 3 is 2.76 bits per heavy atom. The normalized spacial score (nSPS) is 20.0. The molecular weight excluding hydrogens is 324 g/mol. The van der Waals surface area contributed by atoms with Crippen LogP contribution in [0.3, 0.4) is 0 Å². The van der Waals surface area contributed by atoms with E-state index in [1.165, 1.54) is 6.92 Å². The molecule has 0 bridgehead atoms. The van der Waals surface area contributed by atoms with Crippen LogP contribution >= 0.6 is 0 Å². The Kier molecular flexibility index (Phi) is 4.97. The summed E-state index contributed by atoms with van der Waals surface area (Å²) < 4.78 is 6.01. The van der Waals surface area contributed by atoms with Crippen LogP contribution in [0.1, 0.15) is 41.9 Å². The fourth-order valence-electron chi connectivity index (χ4n) is 3.12. The zero-order valence-electron chi connectivity index (χ0n) is 13.9. The van der Waals surface area contributed by atoms with Crippen LogP contribution in [-0.4, -0.2) is 33.2 Å². The molecule has 0 saturated heterocycles. The van der Waals surface area contributed by atoms with Gasteiger partial charge in [-0.15, -0.1) is 0 Å². The summed E-state index contributed by atoms with van der Waals surface area (Å²) in [7, 11) is 0. The first kappa shape index (κ1) is 16.9. The second-order valence-electron chi connectivity index (χ2n) is 6.14. The second-order valence-corrected chi connectivity index (χ2v) is 6.14. The first-order valence-corrected chi connectivity index (χ1v) is 8.28. The molecule has 1 aromatic heterocycles. The third kappa shape index (κ3) is 3.78. The van der Waals surface area contributed by atoms with Crippen molar-refractivity contribution in [2.75, 3.05) is 0 Å². The van der Waals surface area contributed by atoms with Crippen molar-refractivity contribution in [3.63, 3.8) is 0 Å². The number of amides is 1. The summed E-state index contributed by atoms with van der Waals surface area (Å²) in [5.41, 5.74) is -0.212. The Hall–Kier alpha value is -2.90. The number of para-hydroxylation sites is 1. The highest BCUT2D eigenvalue weighted by Crippen LogP contribution is 2.25. The van der Waals surface area contributed by atoms with Gasteiger partial charge in [0.1, 0.15) is 17.5 Å². The van der Waals surface area contributed by atoms with E-state index in [1.807, 2.05) is 30.3 Å². The fraction of sp³-hybridized carbons (Fsp3) is 0.412. The van der Waals surface area contributed by atoms with Crippen LogP contribution in [0, 0.1) is 17.0 Å². The highest BCUT2D eigenvalue weighted by molar-refractivity contribution is 5.96. The smallest absolute Gasteiger partial charge is 0.322 e. The minimum absolute atomic E-state index is 0.167. The summed E-state index contributed by atoms with van der Waals surface area (Å²) in [5, 5.41) is 20.3. The van der Waals surface area contributed by atoms with Gasteiger partial charge in [-0.3, -0.25) is 20.0 Å². The predicted molar refractivity (Wildman–Crippen MR) is 90.6 cm³/mol. The van der Waals surface area contributed by atoms with Gasteiger partial charge in [-0.25, -0.2) is 0 Å². The summed E-state index contributed by atoms with van der Waals surface area (Å²) in [5.74, 6) is 0.194. The molecule has 8 heteroatoms. The van der Waals surface area contributed by atoms with Gasteiger partial charge < -0.3 is 10.1 Å². The third-order valence-electron chi connectivity index (χ3n) is 4.36. The molecule has 1 aromatic carbocycles. The van der Waals surface area contributed by atoms with Gasteiger partial charge in [-0.05, 0) is 38.3 Å². The molecule has 1 fully saturated rings. The number of carbonyl (C=O) groups excluding carboxylic acids is 1. The number of benzene rings is 1. The van der Waals surface area contributed by atoms with Crippen molar-refractivity contribution in [1.29, 1.82) is 0 Å². The molecule has 0 spiro atoms. The van der Waals surface area contributed by atoms with Gasteiger partial charge in [0.2, 0.25) is 5.69 Å². The van der Waals surface area contributed by atoms with E-state index < -0.39 is 10.8 Å². The minimum atomic E-state index is -0.591. The fourth-order valence-corrected chi connectivity index (χ4v) is 3.12. The van der Waals surface area contributed by atoms with Crippen LogP contribution in [0.25, 0.3) is 0 Å². The molecule has 2 aromatic rings. The average Bonchev–Trinajstić information content (AvgIpc) is 2.99. The number of aryl methyl sites for hydroxylation is 1. The van der Waals surface area contributed by atoms with E-state index in [9.17, 15) is 14.9 Å². The standard InChI is InChI=1S/C17H20N4O4/c1-11-16(21(23)24)15(20-19-11)17(22)18-13-9-5-6-10-14(13)25-12-7-3-2-4-8-12/h2-4,7-8,13-14H,5-6,9-10H2,1H3,(H,18,22)(H,19,20)/t13-,14-/m0/s1. The summed E-state index contributed by atoms with van der Waals surface area (Å²) >= 11 is 0. The van der Waals surface area contributed by atoms with Crippen molar-refractivity contribution in [2.45, 2.75) is 44.8 Å². The van der Waals surface area contributed by atoms with Crippen LogP contribution < -0.4 is 10.1 Å². The lowest BCUT2D eigenvalue weighted by atomic mass is 9.92. The van der Waals surface area contributed by atoms with Crippen LogP contribution in [0.2, 0.25) is 0 Å². The van der Waals surface area contributed by atoms with Crippen LogP contribution in [0.4, 0.5) is 5.69 Å². The molecule has 25 heavy (non-hydrogen) atoms. The Labute approximate surface area is 144 Å². The topological polar surface area (TPSA) is 110 Å². The molecule has 1 heterocycles. The zero-order chi connectivity index (χ0) is 17.8. The van der Waals surface area contributed by atoms with Crippen molar-refractivity contribution in [2.24, 2.45) is 0 Å². The van der Waals surface area contributed by atoms with Gasteiger partial charge in [0.05, 0.1) is 11.0 Å². The molecule has 1 amide bonds. The average molecular weight is 344 g/mol. The second kappa shape index (κ2) is 7.33. The highest BCUT2D eigenvalue weighted by atomic mass is 16.6. The van der Waals surface area contributed by atoms with Crippen molar-refractivity contribution < 1.29 is 14.5 Å². The number of carbonyl (C=O) groups is 1. The number of nitrogens with zero attached hydrogens (tertiary/aromatic N) is 2. The maximum absolute atomic E-state index is 12.5. The van der Waals surface area contributed by atoms with Crippen LogP contribution in [0.15, 0.2) is 30.3 Å². The van der Waals surface area contributed by atoms with E-state index in [4.69, 9.17) is 4.74 Å². The van der Waals surface area contributed by atoms with Gasteiger partial charge in [-0.1, -0.05) is 24.6 Å². The quantitative estimate of drug-likeness (QED) is 0.640. The lowest BCUT2D eigenvalue weighted by Gasteiger charge is -2.32. The van der Waals surface area contributed by atoms with E-state index in [0.29, 0.717) is 0 Å². The zero-order valence-corrected chi connectivity index (χ0v) is 13.9. The number of hydrogen-bond donors (Lipinski definition) is 2. The summed E-state index contributed by atoms with van der Waals surface area (Å²) in [6.45, 7) is 1.52. The SMILES string of the molecule is Cc1[nH]nc(C(=O)N[C@H]2CCCC[C@@H]2Oc2ccccc2)c1[N+](=O)[O-]. The Morgan fingerprint density at radius 1 is 1.32 bits per heavy atom. The largest absolute Gasteiger partial charge is 0.488 e. The number of rotatable bonds is 5. The number of H-pyrrole nitrogens is 1. The van der Waals surface area contributed by atoms with Crippen molar-refractivity contribution in [3.05, 3.63) is 51.8 Å². The molecule has 0 aliphatic heterocycles. The molecule has 3 rings (SSSR count). The molecular formula is C17H20N4O4. The molecule has 1 aliphatic carbocycles. The number of aromatic amines is 1. The molecule has 1 aliphatic rings. The van der Waals surface area contributed by atoms with E-state index >= 15 is 0 Å². The minimum Gasteiger partial charge on any atom is -0.488 e. The number of hydrogen-bond acceptors (Lipinski definition) is 5. The monoisotopic (exact) mass is 344 g/mol. The van der Waals surface area contributed by atoms with Gasteiger partial charge in [0, 0.05) is 0 Å². The van der Waals surface area contributed by atoms with E-state index in [-0.39, 0.29) is 29.2 Å². The van der Waals surface area contributed by atoms with Crippen molar-refractivity contribution >= 4 is 11.6 Å². The number of aromatic nitrogens is 2. The highest BCUT2D eigenvalue weighted by Gasteiger charge is 2.32. The first-order valence-electron chi connectivity index (χ1n) is 8.28. The van der Waals surface area contributed by atoms with Crippen LogP contribution in [0.5, 0.6) is 5.75 Å². The number of nitro groups is 1. The Bertz CT molecular complexity index is 759. The molecule has 2 atom stereocenters. The number of ether oxygens (including phenoxy) is 1. The summed E-state index contributed by atoms with van der Waals surface area (Å²) in [4.78, 5) is 23.1. The maximum atomic E-state index is 12.5. The van der Waals surface area contributed by atoms with Gasteiger partial charge >= 0.3 is 5.69 Å². The van der Waals surface area contributed by atoms with Crippen molar-refractivity contribution in [3.8, 4) is 5.75 Å². The Morgan fingerprint density at radius 2 is 2.04 bits per heavy atom. The van der Waals surface area contributed by atoms with Crippen LogP contribution in [-0.2, 0) is 0 Å². The summed E-state index contributed by atoms with van der Waals surface area (Å²) in [6, 6.07) is 9.22. The molecule has 132 valence electrons.